The molecule has 0 unspecified atom stereocenters. The quantitative estimate of drug-likeness (QED) is 0.505. The Morgan fingerprint density at radius 2 is 1.96 bits per heavy atom. The molecule has 0 aliphatic heterocycles. The lowest BCUT2D eigenvalue weighted by molar-refractivity contribution is -0.124. The molecule has 0 heterocycles. The average molecular weight is 373 g/mol. The minimum Gasteiger partial charge on any atom is -0.452 e. The molecule has 1 amide bonds. The summed E-state index contributed by atoms with van der Waals surface area (Å²) in [6, 6.07) is 3.93. The number of carbonyl (C=O) groups excluding carboxylic acids is 2. The van der Waals surface area contributed by atoms with E-state index in [4.69, 9.17) is 9.84 Å². The van der Waals surface area contributed by atoms with E-state index in [1.54, 1.807) is 6.92 Å². The predicted octanol–water partition coefficient (Wildman–Crippen LogP) is -0.366. The monoisotopic (exact) mass is 373 g/mol. The fraction of sp³-hybridized carbons (Fsp3) is 0.467. The highest BCUT2D eigenvalue weighted by Crippen LogP contribution is 2.23. The highest BCUT2D eigenvalue weighted by Gasteiger charge is 2.22. The molecule has 0 atom stereocenters. The molecule has 10 heteroatoms. The first kappa shape index (κ1) is 20.9. The van der Waals surface area contributed by atoms with E-state index in [1.165, 1.54) is 32.3 Å². The summed E-state index contributed by atoms with van der Waals surface area (Å²) in [6.45, 7) is 1.64. The van der Waals surface area contributed by atoms with Gasteiger partial charge in [-0.05, 0) is 25.1 Å². The number of anilines is 1. The van der Waals surface area contributed by atoms with Gasteiger partial charge in [0.05, 0.1) is 17.1 Å². The van der Waals surface area contributed by atoms with Gasteiger partial charge in [-0.1, -0.05) is 0 Å². The van der Waals surface area contributed by atoms with Crippen LogP contribution in [0.25, 0.3) is 0 Å². The normalized spacial score (nSPS) is 11.2. The van der Waals surface area contributed by atoms with Gasteiger partial charge in [-0.15, -0.1) is 0 Å². The van der Waals surface area contributed by atoms with Crippen molar-refractivity contribution in [3.8, 4) is 0 Å². The topological polar surface area (TPSA) is 125 Å². The van der Waals surface area contributed by atoms with Crippen molar-refractivity contribution in [3.05, 3.63) is 23.8 Å². The van der Waals surface area contributed by atoms with Crippen molar-refractivity contribution >= 4 is 27.6 Å². The molecule has 1 rings (SSSR count). The van der Waals surface area contributed by atoms with Gasteiger partial charge in [0.15, 0.2) is 6.61 Å². The zero-order valence-corrected chi connectivity index (χ0v) is 15.2. The number of nitrogens with zero attached hydrogens (tertiary/aromatic N) is 1. The fourth-order valence-electron chi connectivity index (χ4n) is 1.87. The number of carbonyl (C=O) groups is 2. The van der Waals surface area contributed by atoms with E-state index in [2.05, 4.69) is 10.6 Å². The Labute approximate surface area is 147 Å². The molecular formula is C15H23N3O6S. The van der Waals surface area contributed by atoms with Crippen molar-refractivity contribution in [2.75, 3.05) is 45.7 Å². The molecule has 1 aromatic rings. The summed E-state index contributed by atoms with van der Waals surface area (Å²) >= 11 is 0. The zero-order chi connectivity index (χ0) is 19.0. The standard InChI is InChI=1S/C15H23N3O6S/c1-4-16-14(20)10-24-15(21)12-9-11(25(22,23)18(2)3)5-6-13(12)17-7-8-19/h5-6,9,17,19H,4,7-8,10H2,1-3H3,(H,16,20). The summed E-state index contributed by atoms with van der Waals surface area (Å²) in [5, 5.41) is 14.2. The Balaban J connectivity index is 3.14. The van der Waals surface area contributed by atoms with E-state index in [0.29, 0.717) is 12.2 Å². The van der Waals surface area contributed by atoms with Crippen LogP contribution in [0.5, 0.6) is 0 Å². The minimum atomic E-state index is -3.74. The van der Waals surface area contributed by atoms with Crippen LogP contribution in [-0.2, 0) is 19.6 Å². The molecule has 25 heavy (non-hydrogen) atoms. The van der Waals surface area contributed by atoms with Gasteiger partial charge in [-0.25, -0.2) is 17.5 Å². The van der Waals surface area contributed by atoms with Crippen LogP contribution in [0.1, 0.15) is 17.3 Å². The van der Waals surface area contributed by atoms with E-state index >= 15 is 0 Å². The molecule has 0 radical (unpaired) electrons. The van der Waals surface area contributed by atoms with Gasteiger partial charge in [0.2, 0.25) is 10.0 Å². The molecule has 0 aliphatic rings. The maximum Gasteiger partial charge on any atom is 0.340 e. The number of likely N-dealkylation sites (N-methyl/N-ethyl adjacent to an activating group) is 1. The lowest BCUT2D eigenvalue weighted by Gasteiger charge is -2.15. The highest BCUT2D eigenvalue weighted by molar-refractivity contribution is 7.89. The van der Waals surface area contributed by atoms with Gasteiger partial charge in [-0.3, -0.25) is 4.79 Å². The minimum absolute atomic E-state index is 0.0410. The Bertz CT molecular complexity index is 718. The van der Waals surface area contributed by atoms with Gasteiger partial charge in [0, 0.05) is 32.9 Å². The summed E-state index contributed by atoms with van der Waals surface area (Å²) < 4.78 is 30.4. The third-order valence-electron chi connectivity index (χ3n) is 3.13. The Morgan fingerprint density at radius 3 is 2.52 bits per heavy atom. The molecule has 0 saturated heterocycles. The zero-order valence-electron chi connectivity index (χ0n) is 14.4. The van der Waals surface area contributed by atoms with Crippen molar-refractivity contribution in [2.45, 2.75) is 11.8 Å². The van der Waals surface area contributed by atoms with E-state index in [-0.39, 0.29) is 23.6 Å². The molecule has 0 saturated carbocycles. The van der Waals surface area contributed by atoms with E-state index < -0.39 is 28.5 Å². The van der Waals surface area contributed by atoms with Crippen LogP contribution in [0.2, 0.25) is 0 Å². The molecule has 0 aliphatic carbocycles. The molecule has 0 bridgehead atoms. The maximum atomic E-state index is 12.3. The first-order valence-corrected chi connectivity index (χ1v) is 9.03. The number of nitrogens with one attached hydrogen (secondary N) is 2. The van der Waals surface area contributed by atoms with E-state index in [0.717, 1.165) is 4.31 Å². The number of aliphatic hydroxyl groups is 1. The van der Waals surface area contributed by atoms with Crippen molar-refractivity contribution in [2.24, 2.45) is 0 Å². The van der Waals surface area contributed by atoms with Crippen molar-refractivity contribution in [1.29, 1.82) is 0 Å². The molecule has 0 fully saturated rings. The number of benzene rings is 1. The average Bonchev–Trinajstić information content (AvgIpc) is 2.57. The number of sulfonamides is 1. The van der Waals surface area contributed by atoms with E-state index in [1.807, 2.05) is 0 Å². The first-order valence-electron chi connectivity index (χ1n) is 7.59. The summed E-state index contributed by atoms with van der Waals surface area (Å²) in [7, 11) is -0.990. The second kappa shape index (κ2) is 9.35. The first-order chi connectivity index (χ1) is 11.7. The number of esters is 1. The predicted molar refractivity (Wildman–Crippen MR) is 91.9 cm³/mol. The third-order valence-corrected chi connectivity index (χ3v) is 4.94. The summed E-state index contributed by atoms with van der Waals surface area (Å²) in [6.07, 6.45) is 0. The van der Waals surface area contributed by atoms with Crippen LogP contribution in [0.3, 0.4) is 0 Å². The van der Waals surface area contributed by atoms with Gasteiger partial charge in [0.1, 0.15) is 0 Å². The fourth-order valence-corrected chi connectivity index (χ4v) is 2.79. The van der Waals surface area contributed by atoms with E-state index in [9.17, 15) is 18.0 Å². The number of amides is 1. The summed E-state index contributed by atoms with van der Waals surface area (Å²) in [5.74, 6) is -1.31. The largest absolute Gasteiger partial charge is 0.452 e. The third kappa shape index (κ3) is 5.69. The lowest BCUT2D eigenvalue weighted by atomic mass is 10.2. The van der Waals surface area contributed by atoms with Gasteiger partial charge in [-0.2, -0.15) is 0 Å². The van der Waals surface area contributed by atoms with Gasteiger partial charge < -0.3 is 20.5 Å². The second-order valence-electron chi connectivity index (χ2n) is 5.17. The lowest BCUT2D eigenvalue weighted by Crippen LogP contribution is -2.28. The van der Waals surface area contributed by atoms with Crippen LogP contribution in [-0.4, -0.2) is 70.1 Å². The molecule has 9 nitrogen and oxygen atoms in total. The van der Waals surface area contributed by atoms with Crippen molar-refractivity contribution in [3.63, 3.8) is 0 Å². The number of aliphatic hydroxyl groups excluding tert-OH is 1. The maximum absolute atomic E-state index is 12.3. The molecule has 0 aromatic heterocycles. The van der Waals surface area contributed by atoms with Crippen LogP contribution >= 0.6 is 0 Å². The number of hydrogen-bond donors (Lipinski definition) is 3. The number of ether oxygens (including phenoxy) is 1. The summed E-state index contributed by atoms with van der Waals surface area (Å²) in [5.41, 5.74) is 0.258. The highest BCUT2D eigenvalue weighted by atomic mass is 32.2. The van der Waals surface area contributed by atoms with Crippen LogP contribution in [0, 0.1) is 0 Å². The number of hydrogen-bond acceptors (Lipinski definition) is 7. The molecule has 140 valence electrons. The Kier molecular flexibility index (Phi) is 7.81. The molecule has 3 N–H and O–H groups in total. The summed E-state index contributed by atoms with van der Waals surface area (Å²) in [4.78, 5) is 23.6. The smallest absolute Gasteiger partial charge is 0.340 e. The van der Waals surface area contributed by atoms with Crippen LogP contribution in [0.15, 0.2) is 23.1 Å². The van der Waals surface area contributed by atoms with Gasteiger partial charge in [0.25, 0.3) is 5.91 Å². The van der Waals surface area contributed by atoms with Crippen molar-refractivity contribution in [1.82, 2.24) is 9.62 Å². The van der Waals surface area contributed by atoms with Crippen LogP contribution in [0.4, 0.5) is 5.69 Å². The number of rotatable bonds is 9. The van der Waals surface area contributed by atoms with Crippen LogP contribution < -0.4 is 10.6 Å². The molecular weight excluding hydrogens is 350 g/mol. The SMILES string of the molecule is CCNC(=O)COC(=O)c1cc(S(=O)(=O)N(C)C)ccc1NCCO. The molecule has 0 spiro atoms. The van der Waals surface area contributed by atoms with Crippen molar-refractivity contribution < 1.29 is 27.9 Å². The Hall–Kier alpha value is -2.17. The Morgan fingerprint density at radius 1 is 1.28 bits per heavy atom. The van der Waals surface area contributed by atoms with Gasteiger partial charge >= 0.3 is 5.97 Å². The molecule has 1 aromatic carbocycles. The second-order valence-corrected chi connectivity index (χ2v) is 7.33.